The zero-order valence-corrected chi connectivity index (χ0v) is 19.6. The summed E-state index contributed by atoms with van der Waals surface area (Å²) < 4.78 is 41.9. The fourth-order valence-electron chi connectivity index (χ4n) is 4.99. The van der Waals surface area contributed by atoms with Gasteiger partial charge in [0.2, 0.25) is 5.43 Å². The van der Waals surface area contributed by atoms with Gasteiger partial charge in [-0.25, -0.2) is 9.97 Å². The van der Waals surface area contributed by atoms with Gasteiger partial charge >= 0.3 is 6.18 Å². The number of hydrogen-bond acceptors (Lipinski definition) is 6. The Morgan fingerprint density at radius 3 is 2.69 bits per heavy atom. The van der Waals surface area contributed by atoms with Crippen LogP contribution in [0.5, 0.6) is 0 Å². The lowest BCUT2D eigenvalue weighted by Crippen LogP contribution is -2.48. The van der Waals surface area contributed by atoms with E-state index in [0.29, 0.717) is 31.7 Å². The first-order chi connectivity index (χ1) is 17.0. The van der Waals surface area contributed by atoms with Crippen molar-refractivity contribution in [3.05, 3.63) is 57.5 Å². The van der Waals surface area contributed by atoms with E-state index in [0.717, 1.165) is 12.6 Å². The zero-order chi connectivity index (χ0) is 25.4. The fraction of sp³-hybridized carbons (Fsp3) is 0.417. The highest BCUT2D eigenvalue weighted by Crippen LogP contribution is 2.50. The Balaban J connectivity index is 1.46. The van der Waals surface area contributed by atoms with Crippen LogP contribution in [-0.4, -0.2) is 56.5 Å². The highest BCUT2D eigenvalue weighted by atomic mass is 35.5. The maximum absolute atomic E-state index is 13.5. The van der Waals surface area contributed by atoms with E-state index < -0.39 is 40.6 Å². The van der Waals surface area contributed by atoms with Crippen molar-refractivity contribution in [1.82, 2.24) is 19.9 Å². The van der Waals surface area contributed by atoms with Gasteiger partial charge in [0.15, 0.2) is 11.5 Å². The number of anilines is 1. The number of carbonyl (C=O) groups is 1. The third-order valence-corrected chi connectivity index (χ3v) is 7.50. The summed E-state index contributed by atoms with van der Waals surface area (Å²) in [5.74, 6) is -0.969. The predicted molar refractivity (Wildman–Crippen MR) is 125 cm³/mol. The summed E-state index contributed by atoms with van der Waals surface area (Å²) in [6, 6.07) is 4.23. The number of rotatable bonds is 5. The second kappa shape index (κ2) is 7.91. The van der Waals surface area contributed by atoms with Crippen LogP contribution in [0.3, 0.4) is 0 Å². The van der Waals surface area contributed by atoms with Crippen LogP contribution in [0.2, 0.25) is 5.02 Å². The molecular formula is C24H21ClF3N5O3. The average Bonchev–Trinajstić information content (AvgIpc) is 3.74. The predicted octanol–water partition coefficient (Wildman–Crippen LogP) is 3.08. The van der Waals surface area contributed by atoms with Gasteiger partial charge in [-0.15, -0.1) is 0 Å². The number of β-amino-alcohol motifs (C(OH)–C–C–N with tert-alkyl or cyclic N) is 1. The minimum atomic E-state index is -4.63. The second-order valence-electron chi connectivity index (χ2n) is 9.81. The van der Waals surface area contributed by atoms with Crippen LogP contribution in [0.25, 0.3) is 16.9 Å². The van der Waals surface area contributed by atoms with E-state index in [4.69, 9.17) is 11.6 Å². The van der Waals surface area contributed by atoms with Crippen LogP contribution in [0.4, 0.5) is 19.0 Å². The van der Waals surface area contributed by atoms with Crippen molar-refractivity contribution in [2.45, 2.75) is 37.1 Å². The lowest BCUT2D eigenvalue weighted by molar-refractivity contribution is -0.158. The second-order valence-corrected chi connectivity index (χ2v) is 10.2. The van der Waals surface area contributed by atoms with E-state index in [9.17, 15) is 27.9 Å². The van der Waals surface area contributed by atoms with Gasteiger partial charge in [-0.2, -0.15) is 13.2 Å². The smallest absolute Gasteiger partial charge is 0.388 e. The molecule has 2 unspecified atom stereocenters. The lowest BCUT2D eigenvalue weighted by atomic mass is 10.1. The van der Waals surface area contributed by atoms with Crippen molar-refractivity contribution >= 4 is 34.4 Å². The molecule has 0 aromatic carbocycles. The molecule has 0 radical (unpaired) electrons. The summed E-state index contributed by atoms with van der Waals surface area (Å²) in [6.45, 7) is 1.02. The first kappa shape index (κ1) is 23.2. The molecule has 12 heteroatoms. The van der Waals surface area contributed by atoms with Crippen molar-refractivity contribution in [1.29, 1.82) is 0 Å². The number of carbonyl (C=O) groups excluding carboxylic acids is 1. The van der Waals surface area contributed by atoms with Gasteiger partial charge in [0.25, 0.3) is 5.91 Å². The molecule has 3 aliphatic rings. The molecule has 2 aliphatic carbocycles. The number of nitrogens with one attached hydrogen (secondary N) is 1. The summed E-state index contributed by atoms with van der Waals surface area (Å²) in [5.41, 5.74) is -1.79. The number of aliphatic hydroxyl groups is 1. The topological polar surface area (TPSA) is 100 Å². The van der Waals surface area contributed by atoms with Gasteiger partial charge in [0.1, 0.15) is 17.4 Å². The van der Waals surface area contributed by atoms with E-state index in [1.807, 2.05) is 10.2 Å². The SMILES string of the molecule is O=C(N[C@H](C1CC1)C(F)(F)F)c1cn(-c2ncccc2Cl)c2nc(N3CC4CC4(O)C3)ccc2c1=O. The number of hydrogen-bond donors (Lipinski definition) is 2. The minimum absolute atomic E-state index is 0.0335. The van der Waals surface area contributed by atoms with E-state index in [-0.39, 0.29) is 27.8 Å². The molecule has 0 spiro atoms. The molecule has 188 valence electrons. The molecule has 1 amide bonds. The van der Waals surface area contributed by atoms with Crippen LogP contribution in [0.1, 0.15) is 29.6 Å². The molecular weight excluding hydrogens is 499 g/mol. The van der Waals surface area contributed by atoms with Crippen molar-refractivity contribution in [2.75, 3.05) is 18.0 Å². The molecule has 1 saturated heterocycles. The van der Waals surface area contributed by atoms with Gasteiger partial charge in [-0.05, 0) is 49.4 Å². The van der Waals surface area contributed by atoms with E-state index in [1.54, 1.807) is 18.2 Å². The standard InChI is InChI=1S/C24H21ClF3N5O3/c25-16-2-1-7-29-21(16)33-10-15(22(35)31-19(12-3-4-12)24(26,27)28)18(34)14-5-6-17(30-20(14)33)32-9-13-8-23(13,36)11-32/h1-2,5-7,10,12-13,19,36H,3-4,8-9,11H2,(H,31,35)/t13?,19-,23?/m1/s1. The molecule has 3 fully saturated rings. The molecule has 36 heavy (non-hydrogen) atoms. The Hall–Kier alpha value is -3.18. The van der Waals surface area contributed by atoms with Crippen molar-refractivity contribution in [3.63, 3.8) is 0 Å². The van der Waals surface area contributed by atoms with Crippen LogP contribution in [0, 0.1) is 11.8 Å². The molecule has 2 N–H and O–H groups in total. The third kappa shape index (κ3) is 3.90. The number of fused-ring (bicyclic) bond motifs is 2. The lowest BCUT2D eigenvalue weighted by Gasteiger charge is -2.22. The van der Waals surface area contributed by atoms with Crippen LogP contribution >= 0.6 is 11.6 Å². The van der Waals surface area contributed by atoms with E-state index in [1.165, 1.54) is 16.8 Å². The largest absolute Gasteiger partial charge is 0.408 e. The quantitative estimate of drug-likeness (QED) is 0.537. The summed E-state index contributed by atoms with van der Waals surface area (Å²) in [7, 11) is 0. The van der Waals surface area contributed by atoms with Crippen molar-refractivity contribution < 1.29 is 23.1 Å². The van der Waals surface area contributed by atoms with Gasteiger partial charge in [-0.3, -0.25) is 14.2 Å². The van der Waals surface area contributed by atoms with E-state index in [2.05, 4.69) is 9.97 Å². The summed E-state index contributed by atoms with van der Waals surface area (Å²) in [4.78, 5) is 37.1. The molecule has 3 atom stereocenters. The highest BCUT2D eigenvalue weighted by Gasteiger charge is 2.59. The van der Waals surface area contributed by atoms with Crippen molar-refractivity contribution in [2.24, 2.45) is 11.8 Å². The molecule has 8 nitrogen and oxygen atoms in total. The first-order valence-corrected chi connectivity index (χ1v) is 12.0. The summed E-state index contributed by atoms with van der Waals surface area (Å²) >= 11 is 6.35. The average molecular weight is 520 g/mol. The highest BCUT2D eigenvalue weighted by molar-refractivity contribution is 6.32. The van der Waals surface area contributed by atoms with Crippen LogP contribution < -0.4 is 15.6 Å². The van der Waals surface area contributed by atoms with E-state index >= 15 is 0 Å². The zero-order valence-electron chi connectivity index (χ0n) is 18.8. The number of amides is 1. The Morgan fingerprint density at radius 2 is 2.06 bits per heavy atom. The summed E-state index contributed by atoms with van der Waals surface area (Å²) in [5, 5.41) is 12.7. The molecule has 1 aliphatic heterocycles. The monoisotopic (exact) mass is 519 g/mol. The molecule has 3 aromatic heterocycles. The number of pyridine rings is 3. The van der Waals surface area contributed by atoms with Gasteiger partial charge in [-0.1, -0.05) is 11.6 Å². The van der Waals surface area contributed by atoms with Crippen molar-refractivity contribution in [3.8, 4) is 5.82 Å². The maximum atomic E-state index is 13.5. The number of piperidine rings is 1. The molecule has 0 bridgehead atoms. The number of aromatic nitrogens is 3. The molecule has 2 saturated carbocycles. The molecule has 6 rings (SSSR count). The van der Waals surface area contributed by atoms with Gasteiger partial charge < -0.3 is 15.3 Å². The van der Waals surface area contributed by atoms with Crippen LogP contribution in [0.15, 0.2) is 41.5 Å². The number of halogens is 4. The number of nitrogens with zero attached hydrogens (tertiary/aromatic N) is 4. The van der Waals surface area contributed by atoms with Crippen LogP contribution in [-0.2, 0) is 0 Å². The Bertz CT molecular complexity index is 1460. The Labute approximate surface area is 207 Å². The number of alkyl halides is 3. The molecule has 3 aromatic rings. The Morgan fingerprint density at radius 1 is 1.28 bits per heavy atom. The van der Waals surface area contributed by atoms with Gasteiger partial charge in [0, 0.05) is 31.4 Å². The normalized spacial score (nSPS) is 24.0. The summed E-state index contributed by atoms with van der Waals surface area (Å²) in [6.07, 6.45) is -0.576. The minimum Gasteiger partial charge on any atom is -0.388 e. The Kier molecular flexibility index (Phi) is 5.10. The maximum Gasteiger partial charge on any atom is 0.408 e. The molecule has 4 heterocycles. The van der Waals surface area contributed by atoms with Gasteiger partial charge in [0.05, 0.1) is 16.0 Å². The third-order valence-electron chi connectivity index (χ3n) is 7.21. The fourth-order valence-corrected chi connectivity index (χ4v) is 5.21. The first-order valence-electron chi connectivity index (χ1n) is 11.6.